The molecule has 1 amide bonds. The lowest BCUT2D eigenvalue weighted by Crippen LogP contribution is -2.30. The summed E-state index contributed by atoms with van der Waals surface area (Å²) in [7, 11) is 1.53. The second-order valence-electron chi connectivity index (χ2n) is 6.62. The first-order valence-electron chi connectivity index (χ1n) is 8.75. The van der Waals surface area contributed by atoms with Crippen molar-refractivity contribution >= 4 is 17.6 Å². The molecular weight excluding hydrogens is 332 g/mol. The fourth-order valence-electron chi connectivity index (χ4n) is 3.14. The minimum atomic E-state index is -0.920. The van der Waals surface area contributed by atoms with Crippen LogP contribution in [0.15, 0.2) is 30.3 Å². The Morgan fingerprint density at radius 1 is 1.23 bits per heavy atom. The van der Waals surface area contributed by atoms with Crippen LogP contribution in [-0.2, 0) is 9.53 Å². The monoisotopic (exact) mass is 356 g/mol. The maximum atomic E-state index is 12.5. The van der Waals surface area contributed by atoms with Gasteiger partial charge in [0.05, 0.1) is 18.4 Å². The van der Waals surface area contributed by atoms with Gasteiger partial charge in [-0.15, -0.1) is 0 Å². The van der Waals surface area contributed by atoms with E-state index < -0.39 is 18.0 Å². The molecule has 0 saturated heterocycles. The summed E-state index contributed by atoms with van der Waals surface area (Å²) in [5.74, 6) is -0.334. The van der Waals surface area contributed by atoms with Gasteiger partial charge in [0, 0.05) is 17.4 Å². The number of amides is 1. The van der Waals surface area contributed by atoms with E-state index in [2.05, 4.69) is 9.88 Å². The average molecular weight is 356 g/mol. The Hall–Kier alpha value is -2.76. The molecule has 1 aromatic carbocycles. The number of nitrogens with one attached hydrogen (secondary N) is 1. The highest BCUT2D eigenvalue weighted by Crippen LogP contribution is 2.38. The Balaban J connectivity index is 1.67. The van der Waals surface area contributed by atoms with Crippen molar-refractivity contribution in [1.82, 2.24) is 4.57 Å². The van der Waals surface area contributed by atoms with E-state index in [1.807, 2.05) is 26.0 Å². The van der Waals surface area contributed by atoms with E-state index in [1.165, 1.54) is 7.11 Å². The molecule has 6 nitrogen and oxygen atoms in total. The number of methoxy groups -OCH3 is 1. The van der Waals surface area contributed by atoms with Gasteiger partial charge in [-0.05, 0) is 51.8 Å². The highest BCUT2D eigenvalue weighted by atomic mass is 16.5. The molecule has 1 aliphatic carbocycles. The van der Waals surface area contributed by atoms with Gasteiger partial charge in [0.1, 0.15) is 5.75 Å². The predicted molar refractivity (Wildman–Crippen MR) is 98.7 cm³/mol. The molecule has 138 valence electrons. The Kier molecular flexibility index (Phi) is 5.02. The number of hydrogen-bond donors (Lipinski definition) is 1. The van der Waals surface area contributed by atoms with Gasteiger partial charge >= 0.3 is 5.97 Å². The second-order valence-corrected chi connectivity index (χ2v) is 6.62. The van der Waals surface area contributed by atoms with Gasteiger partial charge in [-0.2, -0.15) is 0 Å². The van der Waals surface area contributed by atoms with E-state index >= 15 is 0 Å². The lowest BCUT2D eigenvalue weighted by Gasteiger charge is -2.15. The van der Waals surface area contributed by atoms with E-state index in [9.17, 15) is 9.59 Å². The molecule has 0 radical (unpaired) electrons. The van der Waals surface area contributed by atoms with E-state index in [4.69, 9.17) is 9.47 Å². The Labute approximate surface area is 153 Å². The van der Waals surface area contributed by atoms with Crippen LogP contribution in [0.4, 0.5) is 5.69 Å². The molecule has 0 unspecified atom stereocenters. The molecule has 1 fully saturated rings. The van der Waals surface area contributed by atoms with Crippen LogP contribution >= 0.6 is 0 Å². The number of para-hydroxylation sites is 2. The Morgan fingerprint density at radius 3 is 2.58 bits per heavy atom. The molecule has 2 aromatic rings. The van der Waals surface area contributed by atoms with Crippen molar-refractivity contribution in [2.45, 2.75) is 45.8 Å². The maximum absolute atomic E-state index is 12.5. The minimum Gasteiger partial charge on any atom is -0.495 e. The molecule has 26 heavy (non-hydrogen) atoms. The molecule has 1 heterocycles. The largest absolute Gasteiger partial charge is 0.495 e. The van der Waals surface area contributed by atoms with E-state index in [0.717, 1.165) is 24.2 Å². The SMILES string of the molecule is COc1ccccc1NC(=O)[C@H](C)OC(=O)c1cc(C)n(C2CC2)c1C. The number of carbonyl (C=O) groups is 2. The zero-order valence-electron chi connectivity index (χ0n) is 15.5. The smallest absolute Gasteiger partial charge is 0.340 e. The summed E-state index contributed by atoms with van der Waals surface area (Å²) >= 11 is 0. The number of hydrogen-bond acceptors (Lipinski definition) is 4. The van der Waals surface area contributed by atoms with Gasteiger partial charge < -0.3 is 19.4 Å². The van der Waals surface area contributed by atoms with Gasteiger partial charge in [-0.3, -0.25) is 4.79 Å². The van der Waals surface area contributed by atoms with Crippen molar-refractivity contribution in [1.29, 1.82) is 0 Å². The Bertz CT molecular complexity index is 836. The van der Waals surface area contributed by atoms with Crippen molar-refractivity contribution in [3.63, 3.8) is 0 Å². The van der Waals surface area contributed by atoms with Crippen molar-refractivity contribution in [2.24, 2.45) is 0 Å². The summed E-state index contributed by atoms with van der Waals surface area (Å²) in [6.07, 6.45) is 1.36. The standard InChI is InChI=1S/C20H24N2O4/c1-12-11-16(13(2)22(12)15-9-10-15)20(24)26-14(3)19(23)21-17-7-5-6-8-18(17)25-4/h5-8,11,14-15H,9-10H2,1-4H3,(H,21,23)/t14-/m0/s1. The topological polar surface area (TPSA) is 69.6 Å². The molecule has 1 N–H and O–H groups in total. The zero-order valence-corrected chi connectivity index (χ0v) is 15.5. The lowest BCUT2D eigenvalue weighted by atomic mass is 10.2. The van der Waals surface area contributed by atoms with E-state index in [1.54, 1.807) is 25.1 Å². The molecule has 0 spiro atoms. The lowest BCUT2D eigenvalue weighted by molar-refractivity contribution is -0.123. The summed E-state index contributed by atoms with van der Waals surface area (Å²) in [4.78, 5) is 24.9. The number of ether oxygens (including phenoxy) is 2. The zero-order chi connectivity index (χ0) is 18.8. The molecule has 0 aliphatic heterocycles. The summed E-state index contributed by atoms with van der Waals surface area (Å²) < 4.78 is 12.8. The van der Waals surface area contributed by atoms with Crippen molar-refractivity contribution in [3.8, 4) is 5.75 Å². The number of benzene rings is 1. The van der Waals surface area contributed by atoms with Gasteiger partial charge in [0.25, 0.3) is 5.91 Å². The number of carbonyl (C=O) groups excluding carboxylic acids is 2. The van der Waals surface area contributed by atoms with Gasteiger partial charge in [-0.1, -0.05) is 12.1 Å². The molecule has 3 rings (SSSR count). The third kappa shape index (κ3) is 3.59. The van der Waals surface area contributed by atoms with Crippen LogP contribution < -0.4 is 10.1 Å². The third-order valence-corrected chi connectivity index (χ3v) is 4.63. The molecule has 1 saturated carbocycles. The average Bonchev–Trinajstić information content (AvgIpc) is 3.40. The first-order chi connectivity index (χ1) is 12.4. The number of nitrogens with zero attached hydrogens (tertiary/aromatic N) is 1. The number of aromatic nitrogens is 1. The summed E-state index contributed by atoms with van der Waals surface area (Å²) in [6, 6.07) is 9.41. The van der Waals surface area contributed by atoms with Crippen molar-refractivity contribution in [3.05, 3.63) is 47.3 Å². The summed E-state index contributed by atoms with van der Waals surface area (Å²) in [5, 5.41) is 2.73. The van der Waals surface area contributed by atoms with Crippen molar-refractivity contribution < 1.29 is 19.1 Å². The fourth-order valence-corrected chi connectivity index (χ4v) is 3.14. The van der Waals surface area contributed by atoms with E-state index in [-0.39, 0.29) is 0 Å². The van der Waals surface area contributed by atoms with Crippen LogP contribution in [0, 0.1) is 13.8 Å². The highest BCUT2D eigenvalue weighted by molar-refractivity contribution is 5.98. The summed E-state index contributed by atoms with van der Waals surface area (Å²) in [6.45, 7) is 5.46. The molecular formula is C20H24N2O4. The maximum Gasteiger partial charge on any atom is 0.340 e. The van der Waals surface area contributed by atoms with Gasteiger partial charge in [0.2, 0.25) is 0 Å². The first kappa shape index (κ1) is 18.0. The molecule has 1 aliphatic rings. The van der Waals surface area contributed by atoms with Crippen molar-refractivity contribution in [2.75, 3.05) is 12.4 Å². The van der Waals surface area contributed by atoms with Crippen LogP contribution in [0.2, 0.25) is 0 Å². The second kappa shape index (κ2) is 7.23. The highest BCUT2D eigenvalue weighted by Gasteiger charge is 2.29. The number of esters is 1. The predicted octanol–water partition coefficient (Wildman–Crippen LogP) is 3.63. The normalized spacial score (nSPS) is 14.6. The van der Waals surface area contributed by atoms with Gasteiger partial charge in [0.15, 0.2) is 6.10 Å². The van der Waals surface area contributed by atoms with E-state index in [0.29, 0.717) is 23.0 Å². The van der Waals surface area contributed by atoms with Crippen LogP contribution in [0.25, 0.3) is 0 Å². The molecule has 0 bridgehead atoms. The first-order valence-corrected chi connectivity index (χ1v) is 8.75. The number of rotatable bonds is 6. The number of anilines is 1. The molecule has 1 aromatic heterocycles. The number of aryl methyl sites for hydroxylation is 1. The van der Waals surface area contributed by atoms with Crippen LogP contribution in [0.1, 0.15) is 47.6 Å². The molecule has 1 atom stereocenters. The molecule has 6 heteroatoms. The van der Waals surface area contributed by atoms with Crippen LogP contribution in [-0.4, -0.2) is 29.7 Å². The minimum absolute atomic E-state index is 0.404. The fraction of sp³-hybridized carbons (Fsp3) is 0.400. The third-order valence-electron chi connectivity index (χ3n) is 4.63. The van der Waals surface area contributed by atoms with Crippen LogP contribution in [0.3, 0.4) is 0 Å². The van der Waals surface area contributed by atoms with Crippen LogP contribution in [0.5, 0.6) is 5.75 Å². The summed E-state index contributed by atoms with van der Waals surface area (Å²) in [5.41, 5.74) is 3.00. The van der Waals surface area contributed by atoms with Gasteiger partial charge in [-0.25, -0.2) is 4.79 Å². The quantitative estimate of drug-likeness (QED) is 0.803. The Morgan fingerprint density at radius 2 is 1.92 bits per heavy atom.